The summed E-state index contributed by atoms with van der Waals surface area (Å²) in [7, 11) is 0. The molecule has 0 N–H and O–H groups in total. The van der Waals surface area contributed by atoms with E-state index in [-0.39, 0.29) is 0 Å². The second-order valence-electron chi connectivity index (χ2n) is 3.46. The lowest BCUT2D eigenvalue weighted by molar-refractivity contribution is 0.501. The van der Waals surface area contributed by atoms with Crippen LogP contribution in [0.2, 0.25) is 0 Å². The quantitative estimate of drug-likeness (QED) is 0.674. The van der Waals surface area contributed by atoms with Crippen molar-refractivity contribution in [1.82, 2.24) is 4.57 Å². The van der Waals surface area contributed by atoms with Crippen LogP contribution in [0, 0.1) is 0 Å². The van der Waals surface area contributed by atoms with Crippen LogP contribution in [0.25, 0.3) is 10.9 Å². The van der Waals surface area contributed by atoms with Crippen molar-refractivity contribution in [3.8, 4) is 0 Å². The van der Waals surface area contributed by atoms with E-state index < -0.39 is 12.4 Å². The van der Waals surface area contributed by atoms with Crippen molar-refractivity contribution in [2.24, 2.45) is 0 Å². The van der Waals surface area contributed by atoms with Crippen molar-refractivity contribution < 1.29 is 12.9 Å². The van der Waals surface area contributed by atoms with Crippen LogP contribution in [0.15, 0.2) is 30.5 Å². The highest BCUT2D eigenvalue weighted by Gasteiger charge is 2.28. The monoisotopic (exact) mass is 212 g/mol. The van der Waals surface area contributed by atoms with Gasteiger partial charge in [-0.15, -0.1) is 0 Å². The molecule has 15 heavy (non-hydrogen) atoms. The predicted molar refractivity (Wildman–Crippen MR) is 56.3 cm³/mol. The molecule has 2 aromatic rings. The summed E-state index contributed by atoms with van der Waals surface area (Å²) >= 11 is 0. The number of rotatable bonds is 2. The van der Waals surface area contributed by atoms with E-state index in [0.717, 1.165) is 6.07 Å². The van der Waals surface area contributed by atoms with Crippen molar-refractivity contribution >= 4 is 23.3 Å². The molecular formula is C10H10BF3N-. The van der Waals surface area contributed by atoms with Crippen LogP contribution < -0.4 is 5.46 Å². The summed E-state index contributed by atoms with van der Waals surface area (Å²) in [5.41, 5.74) is -0.202. The largest absolute Gasteiger partial charge is 0.511 e. The molecule has 1 aromatic carbocycles. The predicted octanol–water partition coefficient (Wildman–Crippen LogP) is 2.72. The highest BCUT2D eigenvalue weighted by Crippen LogP contribution is 2.19. The number of para-hydroxylation sites is 1. The lowest BCUT2D eigenvalue weighted by Crippen LogP contribution is -2.35. The van der Waals surface area contributed by atoms with Gasteiger partial charge >= 0.3 is 6.98 Å². The highest BCUT2D eigenvalue weighted by atomic mass is 19.4. The molecule has 0 aliphatic rings. The molecule has 80 valence electrons. The first kappa shape index (κ1) is 10.1. The van der Waals surface area contributed by atoms with E-state index in [4.69, 9.17) is 0 Å². The van der Waals surface area contributed by atoms with Crippen molar-refractivity contribution in [3.63, 3.8) is 0 Å². The lowest BCUT2D eigenvalue weighted by atomic mass is 9.79. The highest BCUT2D eigenvalue weighted by molar-refractivity contribution is 6.75. The van der Waals surface area contributed by atoms with Gasteiger partial charge in [-0.25, -0.2) is 0 Å². The number of halogens is 3. The molecule has 0 atom stereocenters. The molecule has 0 saturated heterocycles. The van der Waals surface area contributed by atoms with Crippen LogP contribution in [-0.4, -0.2) is 11.5 Å². The van der Waals surface area contributed by atoms with Gasteiger partial charge in [0.15, 0.2) is 0 Å². The van der Waals surface area contributed by atoms with Crippen molar-refractivity contribution in [2.45, 2.75) is 13.5 Å². The zero-order valence-electron chi connectivity index (χ0n) is 8.25. The second-order valence-corrected chi connectivity index (χ2v) is 3.46. The molecule has 0 spiro atoms. The molecule has 0 unspecified atom stereocenters. The Kier molecular flexibility index (Phi) is 2.25. The third-order valence-electron chi connectivity index (χ3n) is 2.51. The van der Waals surface area contributed by atoms with Crippen molar-refractivity contribution in [3.05, 3.63) is 30.5 Å². The van der Waals surface area contributed by atoms with Gasteiger partial charge in [-0.2, -0.15) is 0 Å². The van der Waals surface area contributed by atoms with E-state index in [1.807, 2.05) is 6.92 Å². The fourth-order valence-electron chi connectivity index (χ4n) is 1.82. The van der Waals surface area contributed by atoms with Gasteiger partial charge < -0.3 is 17.5 Å². The zero-order valence-corrected chi connectivity index (χ0v) is 8.25. The maximum absolute atomic E-state index is 12.8. The first-order valence-corrected chi connectivity index (χ1v) is 4.81. The van der Waals surface area contributed by atoms with Crippen LogP contribution in [-0.2, 0) is 6.54 Å². The average molecular weight is 212 g/mol. The number of hydrogen-bond donors (Lipinski definition) is 0. The summed E-state index contributed by atoms with van der Waals surface area (Å²) in [4.78, 5) is 0. The molecule has 0 fully saturated rings. The summed E-state index contributed by atoms with van der Waals surface area (Å²) in [6.07, 6.45) is 1.69. The maximum Gasteiger partial charge on any atom is 0.511 e. The maximum atomic E-state index is 12.8. The second kappa shape index (κ2) is 3.33. The first-order valence-electron chi connectivity index (χ1n) is 4.81. The summed E-state index contributed by atoms with van der Waals surface area (Å²) in [5.74, 6) is 0. The fourth-order valence-corrected chi connectivity index (χ4v) is 1.82. The van der Waals surface area contributed by atoms with E-state index >= 15 is 0 Å². The normalized spacial score (nSPS) is 12.3. The molecule has 1 heterocycles. The minimum absolute atomic E-state index is 0.299. The molecular weight excluding hydrogens is 202 g/mol. The van der Waals surface area contributed by atoms with Crippen molar-refractivity contribution in [1.29, 1.82) is 0 Å². The van der Waals surface area contributed by atoms with Gasteiger partial charge in [-0.3, -0.25) is 0 Å². The van der Waals surface area contributed by atoms with Gasteiger partial charge in [0.2, 0.25) is 0 Å². The SMILES string of the molecule is CCn1ccc2cccc([B-](F)(F)F)c21. The van der Waals surface area contributed by atoms with Gasteiger partial charge in [0.25, 0.3) is 0 Å². The molecule has 0 amide bonds. The molecule has 0 bridgehead atoms. The van der Waals surface area contributed by atoms with Crippen LogP contribution in [0.4, 0.5) is 12.9 Å². The zero-order chi connectivity index (χ0) is 11.1. The van der Waals surface area contributed by atoms with E-state index in [0.29, 0.717) is 17.4 Å². The molecule has 1 nitrogen and oxygen atoms in total. The Bertz CT molecular complexity index is 487. The fraction of sp³-hybridized carbons (Fsp3) is 0.200. The van der Waals surface area contributed by atoms with Gasteiger partial charge in [-0.05, 0) is 18.4 Å². The van der Waals surface area contributed by atoms with Gasteiger partial charge in [-0.1, -0.05) is 23.7 Å². The number of hydrogen-bond acceptors (Lipinski definition) is 0. The van der Waals surface area contributed by atoms with Crippen LogP contribution in [0.5, 0.6) is 0 Å². The number of benzene rings is 1. The lowest BCUT2D eigenvalue weighted by Gasteiger charge is -2.17. The Morgan fingerprint density at radius 3 is 2.53 bits per heavy atom. The molecule has 1 aromatic heterocycles. The van der Waals surface area contributed by atoms with E-state index in [1.54, 1.807) is 22.9 Å². The third kappa shape index (κ3) is 1.62. The Hall–Kier alpha value is -1.39. The summed E-state index contributed by atoms with van der Waals surface area (Å²) < 4.78 is 39.9. The summed E-state index contributed by atoms with van der Waals surface area (Å²) in [6.45, 7) is -2.56. The molecule has 0 aliphatic heterocycles. The van der Waals surface area contributed by atoms with Crippen LogP contribution >= 0.6 is 0 Å². The van der Waals surface area contributed by atoms with Gasteiger partial charge in [0.1, 0.15) is 0 Å². The van der Waals surface area contributed by atoms with E-state index in [9.17, 15) is 12.9 Å². The van der Waals surface area contributed by atoms with Crippen LogP contribution in [0.3, 0.4) is 0 Å². The third-order valence-corrected chi connectivity index (χ3v) is 2.51. The molecule has 0 aliphatic carbocycles. The number of aromatic nitrogens is 1. The number of fused-ring (bicyclic) bond motifs is 1. The molecule has 2 rings (SSSR count). The van der Waals surface area contributed by atoms with Crippen LogP contribution in [0.1, 0.15) is 6.92 Å². The Morgan fingerprint density at radius 1 is 1.20 bits per heavy atom. The Balaban J connectivity index is 2.78. The molecule has 0 radical (unpaired) electrons. The Labute approximate surface area is 85.6 Å². The Morgan fingerprint density at radius 2 is 1.93 bits per heavy atom. The summed E-state index contributed by atoms with van der Waals surface area (Å²) in [5, 5.41) is 0.647. The van der Waals surface area contributed by atoms with Crippen molar-refractivity contribution in [2.75, 3.05) is 0 Å². The van der Waals surface area contributed by atoms with Gasteiger partial charge in [0, 0.05) is 18.3 Å². The average Bonchev–Trinajstić information content (AvgIpc) is 2.58. The topological polar surface area (TPSA) is 4.93 Å². The van der Waals surface area contributed by atoms with Gasteiger partial charge in [0.05, 0.1) is 0 Å². The minimum Gasteiger partial charge on any atom is -0.445 e. The molecule has 5 heteroatoms. The minimum atomic E-state index is -4.94. The van der Waals surface area contributed by atoms with E-state index in [1.165, 1.54) is 6.07 Å². The first-order chi connectivity index (χ1) is 7.04. The smallest absolute Gasteiger partial charge is 0.445 e. The molecule has 0 saturated carbocycles. The number of nitrogens with zero attached hydrogens (tertiary/aromatic N) is 1. The standard InChI is InChI=1S/C10H10BF3N/c1-2-15-7-6-8-4-3-5-9(10(8)15)11(12,13)14/h3-7H,2H2,1H3/q-1. The number of aryl methyl sites for hydroxylation is 1. The summed E-state index contributed by atoms with van der Waals surface area (Å²) in [6, 6.07) is 6.01. The van der Waals surface area contributed by atoms with E-state index in [2.05, 4.69) is 0 Å².